The number of carbonyl (C=O) groups is 1. The Hall–Kier alpha value is -1.97. The lowest BCUT2D eigenvalue weighted by Gasteiger charge is -2.37. The molecule has 2 fully saturated rings. The highest BCUT2D eigenvalue weighted by atomic mass is 16.7. The van der Waals surface area contributed by atoms with Gasteiger partial charge in [0.1, 0.15) is 11.9 Å². The molecule has 0 aromatic carbocycles. The Morgan fingerprint density at radius 2 is 2.00 bits per heavy atom. The Bertz CT molecular complexity index is 750. The van der Waals surface area contributed by atoms with E-state index >= 15 is 0 Å². The molecule has 1 aromatic rings. The quantitative estimate of drug-likeness (QED) is 0.435. The van der Waals surface area contributed by atoms with Gasteiger partial charge in [0.25, 0.3) is 5.91 Å². The maximum atomic E-state index is 12.7. The Kier molecular flexibility index (Phi) is 6.84. The van der Waals surface area contributed by atoms with Crippen LogP contribution in [0.3, 0.4) is 0 Å². The Balaban J connectivity index is 1.80. The van der Waals surface area contributed by atoms with Crippen molar-refractivity contribution in [2.45, 2.75) is 84.2 Å². The van der Waals surface area contributed by atoms with Crippen LogP contribution in [0.1, 0.15) is 60.8 Å². The molecule has 2 unspecified atom stereocenters. The number of amides is 1. The molecule has 0 spiro atoms. The smallest absolute Gasteiger partial charge is 0.402 e. The van der Waals surface area contributed by atoms with E-state index in [-0.39, 0.29) is 18.1 Å². The Labute approximate surface area is 179 Å². The molecule has 2 atom stereocenters. The number of carbonyl (C=O) groups excluding carboxylic acids is 1. The van der Waals surface area contributed by atoms with E-state index in [2.05, 4.69) is 15.4 Å². The molecule has 3 rings (SSSR count). The average Bonchev–Trinajstić information content (AvgIpc) is 2.94. The molecular weight excluding hydrogens is 383 g/mol. The standard InChI is InChI=1S/C21H33BN4O4/c1-15(19(27)24-17-10-9-12-23-14-17)25-26(18-11-7-8-13-28-18)16(2)22-29-20(3,4)21(5,6)30-22/h9-10,12,14,16,18H,7-8,11,13H2,1-6H3,(H,24,27)/b25-15+. The summed E-state index contributed by atoms with van der Waals surface area (Å²) >= 11 is 0. The number of ether oxygens (including phenoxy) is 1. The van der Waals surface area contributed by atoms with Crippen molar-refractivity contribution in [3.63, 3.8) is 0 Å². The van der Waals surface area contributed by atoms with E-state index in [0.717, 1.165) is 19.3 Å². The predicted molar refractivity (Wildman–Crippen MR) is 117 cm³/mol. The maximum absolute atomic E-state index is 12.7. The lowest BCUT2D eigenvalue weighted by Crippen LogP contribution is -2.50. The minimum atomic E-state index is -0.488. The van der Waals surface area contributed by atoms with Crippen LogP contribution in [0.25, 0.3) is 0 Å². The van der Waals surface area contributed by atoms with Crippen LogP contribution in [0.2, 0.25) is 0 Å². The number of nitrogens with zero attached hydrogens (tertiary/aromatic N) is 3. The third kappa shape index (κ3) is 5.02. The van der Waals surface area contributed by atoms with Crippen LogP contribution in [-0.2, 0) is 18.8 Å². The van der Waals surface area contributed by atoms with Crippen molar-refractivity contribution in [2.24, 2.45) is 5.10 Å². The number of pyridine rings is 1. The van der Waals surface area contributed by atoms with Crippen molar-refractivity contribution in [3.05, 3.63) is 24.5 Å². The van der Waals surface area contributed by atoms with Gasteiger partial charge in [0, 0.05) is 12.8 Å². The van der Waals surface area contributed by atoms with Gasteiger partial charge in [0.15, 0.2) is 0 Å². The van der Waals surface area contributed by atoms with Gasteiger partial charge in [0.05, 0.1) is 29.0 Å². The summed E-state index contributed by atoms with van der Waals surface area (Å²) in [5, 5.41) is 9.32. The molecule has 2 aliphatic rings. The second-order valence-electron chi connectivity index (χ2n) is 8.95. The van der Waals surface area contributed by atoms with Crippen molar-refractivity contribution in [2.75, 3.05) is 11.9 Å². The van der Waals surface area contributed by atoms with Crippen LogP contribution < -0.4 is 5.32 Å². The molecule has 0 aliphatic carbocycles. The number of hydrogen-bond acceptors (Lipinski definition) is 7. The molecule has 30 heavy (non-hydrogen) atoms. The maximum Gasteiger partial charge on any atom is 0.483 e. The van der Waals surface area contributed by atoms with E-state index in [9.17, 15) is 4.79 Å². The van der Waals surface area contributed by atoms with Gasteiger partial charge in [-0.25, -0.2) is 0 Å². The van der Waals surface area contributed by atoms with Crippen molar-refractivity contribution < 1.29 is 18.8 Å². The highest BCUT2D eigenvalue weighted by Crippen LogP contribution is 2.38. The van der Waals surface area contributed by atoms with Crippen LogP contribution in [0.15, 0.2) is 29.6 Å². The zero-order chi connectivity index (χ0) is 21.9. The van der Waals surface area contributed by atoms with Crippen LogP contribution in [0.5, 0.6) is 0 Å². The summed E-state index contributed by atoms with van der Waals surface area (Å²) in [4.78, 5) is 16.7. The zero-order valence-electron chi connectivity index (χ0n) is 18.8. The monoisotopic (exact) mass is 416 g/mol. The van der Waals surface area contributed by atoms with Crippen molar-refractivity contribution in [1.29, 1.82) is 0 Å². The van der Waals surface area contributed by atoms with E-state index in [1.807, 2.05) is 39.6 Å². The number of nitrogens with one attached hydrogen (secondary N) is 1. The molecule has 1 N–H and O–H groups in total. The first-order valence-corrected chi connectivity index (χ1v) is 10.6. The zero-order valence-corrected chi connectivity index (χ0v) is 18.8. The normalized spacial score (nSPS) is 24.4. The molecular formula is C21H33BN4O4. The first-order valence-electron chi connectivity index (χ1n) is 10.6. The van der Waals surface area contributed by atoms with Crippen molar-refractivity contribution >= 4 is 24.4 Å². The Morgan fingerprint density at radius 1 is 1.30 bits per heavy atom. The molecule has 164 valence electrons. The van der Waals surface area contributed by atoms with Crippen LogP contribution >= 0.6 is 0 Å². The van der Waals surface area contributed by atoms with E-state index in [1.165, 1.54) is 0 Å². The van der Waals surface area contributed by atoms with Gasteiger partial charge in [-0.15, -0.1) is 0 Å². The highest BCUT2D eigenvalue weighted by Gasteiger charge is 2.54. The van der Waals surface area contributed by atoms with Crippen LogP contribution in [-0.4, -0.2) is 58.7 Å². The number of aromatic nitrogens is 1. The molecule has 8 nitrogen and oxygen atoms in total. The third-order valence-electron chi connectivity index (χ3n) is 6.05. The summed E-state index contributed by atoms with van der Waals surface area (Å²) in [7, 11) is -0.488. The highest BCUT2D eigenvalue weighted by molar-refractivity contribution is 6.47. The number of rotatable bonds is 6. The van der Waals surface area contributed by atoms with Gasteiger partial charge < -0.3 is 19.4 Å². The van der Waals surface area contributed by atoms with E-state index in [4.69, 9.17) is 14.0 Å². The van der Waals surface area contributed by atoms with Gasteiger partial charge in [-0.3, -0.25) is 14.8 Å². The second kappa shape index (κ2) is 9.04. The average molecular weight is 416 g/mol. The number of hydrogen-bond donors (Lipinski definition) is 1. The summed E-state index contributed by atoms with van der Waals surface area (Å²) in [6, 6.07) is 3.55. The molecule has 0 bridgehead atoms. The summed E-state index contributed by atoms with van der Waals surface area (Å²) in [5.41, 5.74) is 0.0658. The largest absolute Gasteiger partial charge is 0.483 e. The second-order valence-corrected chi connectivity index (χ2v) is 8.95. The van der Waals surface area contributed by atoms with Crippen LogP contribution in [0, 0.1) is 0 Å². The van der Waals surface area contributed by atoms with Crippen LogP contribution in [0.4, 0.5) is 5.69 Å². The lowest BCUT2D eigenvalue weighted by atomic mass is 9.79. The van der Waals surface area contributed by atoms with Gasteiger partial charge in [-0.2, -0.15) is 5.10 Å². The fourth-order valence-electron chi connectivity index (χ4n) is 3.44. The number of anilines is 1. The summed E-state index contributed by atoms with van der Waals surface area (Å²) in [6.07, 6.45) is 5.94. The summed E-state index contributed by atoms with van der Waals surface area (Å²) in [5.74, 6) is -0.528. The molecule has 0 radical (unpaired) electrons. The van der Waals surface area contributed by atoms with Gasteiger partial charge in [0.2, 0.25) is 0 Å². The molecule has 2 saturated heterocycles. The fraction of sp³-hybridized carbons (Fsp3) is 0.667. The van der Waals surface area contributed by atoms with Crippen molar-refractivity contribution in [1.82, 2.24) is 9.99 Å². The molecule has 2 aliphatic heterocycles. The minimum absolute atomic E-state index is 0.228. The predicted octanol–water partition coefficient (Wildman–Crippen LogP) is 3.24. The third-order valence-corrected chi connectivity index (χ3v) is 6.05. The molecule has 0 saturated carbocycles. The molecule has 1 amide bonds. The Morgan fingerprint density at radius 3 is 2.57 bits per heavy atom. The molecule has 3 heterocycles. The first kappa shape index (κ1) is 22.7. The first-order chi connectivity index (χ1) is 14.1. The number of hydrazone groups is 1. The topological polar surface area (TPSA) is 85.3 Å². The van der Waals surface area contributed by atoms with Gasteiger partial charge in [-0.1, -0.05) is 0 Å². The minimum Gasteiger partial charge on any atom is -0.402 e. The summed E-state index contributed by atoms with van der Waals surface area (Å²) < 4.78 is 18.5. The van der Waals surface area contributed by atoms with Gasteiger partial charge in [-0.05, 0) is 72.9 Å². The fourth-order valence-corrected chi connectivity index (χ4v) is 3.44. The molecule has 1 aromatic heterocycles. The summed E-state index contributed by atoms with van der Waals surface area (Å²) in [6.45, 7) is 12.5. The van der Waals surface area contributed by atoms with Crippen molar-refractivity contribution in [3.8, 4) is 0 Å². The van der Waals surface area contributed by atoms with E-state index < -0.39 is 18.3 Å². The molecule has 9 heteroatoms. The SMILES string of the molecule is C/C(=N\N(C1CCCCO1)C(C)B1OC(C)(C)C(C)(C)O1)C(=O)Nc1cccnc1. The van der Waals surface area contributed by atoms with E-state index in [1.54, 1.807) is 31.5 Å². The lowest BCUT2D eigenvalue weighted by molar-refractivity contribution is -0.111. The van der Waals surface area contributed by atoms with E-state index in [0.29, 0.717) is 18.0 Å². The van der Waals surface area contributed by atoms with Gasteiger partial charge >= 0.3 is 7.12 Å².